The van der Waals surface area contributed by atoms with Crippen LogP contribution in [0.4, 0.5) is 0 Å². The lowest BCUT2D eigenvalue weighted by molar-refractivity contribution is -0.143. The normalized spacial score (nSPS) is 11.7. The first-order chi connectivity index (χ1) is 15.4. The Hall–Kier alpha value is -2.93. The van der Waals surface area contributed by atoms with Crippen LogP contribution in [0.1, 0.15) is 43.4 Å². The van der Waals surface area contributed by atoms with E-state index in [0.29, 0.717) is 11.4 Å². The zero-order valence-corrected chi connectivity index (χ0v) is 20.0. The molecule has 1 aromatic heterocycles. The van der Waals surface area contributed by atoms with Crippen LogP contribution in [0.2, 0.25) is 0 Å². The number of fused-ring (bicyclic) bond motifs is 1. The molecule has 0 saturated carbocycles. The van der Waals surface area contributed by atoms with Gasteiger partial charge in [0.05, 0.1) is 30.4 Å². The maximum atomic E-state index is 12.8. The van der Waals surface area contributed by atoms with E-state index in [2.05, 4.69) is 24.0 Å². The Morgan fingerprint density at radius 1 is 1.09 bits per heavy atom. The van der Waals surface area contributed by atoms with E-state index in [1.807, 2.05) is 31.2 Å². The number of carbonyl (C=O) groups excluding carboxylic acids is 2. The Balaban J connectivity index is 1.96. The number of hydrogen-bond donors (Lipinski definition) is 0. The maximum absolute atomic E-state index is 12.8. The molecular formula is C25H30N2O4S. The van der Waals surface area contributed by atoms with E-state index in [-0.39, 0.29) is 24.8 Å². The highest BCUT2D eigenvalue weighted by Gasteiger charge is 2.13. The van der Waals surface area contributed by atoms with E-state index in [1.54, 1.807) is 18.6 Å². The first-order valence-corrected chi connectivity index (χ1v) is 11.8. The van der Waals surface area contributed by atoms with E-state index < -0.39 is 0 Å². The van der Waals surface area contributed by atoms with Crippen LogP contribution in [-0.2, 0) is 33.7 Å². The molecule has 0 radical (unpaired) electrons. The van der Waals surface area contributed by atoms with Crippen molar-refractivity contribution in [3.8, 4) is 5.75 Å². The molecule has 7 heteroatoms. The van der Waals surface area contributed by atoms with Gasteiger partial charge in [0.2, 0.25) is 0 Å². The molecule has 6 nitrogen and oxygen atoms in total. The lowest BCUT2D eigenvalue weighted by Gasteiger charge is -2.07. The molecule has 0 fully saturated rings. The zero-order chi connectivity index (χ0) is 23.1. The van der Waals surface area contributed by atoms with Gasteiger partial charge in [0.15, 0.2) is 4.80 Å². The van der Waals surface area contributed by atoms with Crippen LogP contribution < -0.4 is 9.54 Å². The monoisotopic (exact) mass is 454 g/mol. The molecule has 2 aromatic carbocycles. The number of rotatable bonds is 9. The number of amides is 1. The maximum Gasteiger partial charge on any atom is 0.326 e. The van der Waals surface area contributed by atoms with Crippen molar-refractivity contribution in [2.45, 2.75) is 53.0 Å². The molecule has 0 saturated heterocycles. The van der Waals surface area contributed by atoms with Gasteiger partial charge in [-0.3, -0.25) is 9.59 Å². The molecular weight excluding hydrogens is 424 g/mol. The molecule has 32 heavy (non-hydrogen) atoms. The van der Waals surface area contributed by atoms with Crippen LogP contribution in [0, 0.1) is 6.92 Å². The predicted molar refractivity (Wildman–Crippen MR) is 127 cm³/mol. The van der Waals surface area contributed by atoms with Gasteiger partial charge in [0, 0.05) is 0 Å². The van der Waals surface area contributed by atoms with Crippen molar-refractivity contribution in [2.24, 2.45) is 4.99 Å². The number of carbonyl (C=O) groups is 2. The fourth-order valence-corrected chi connectivity index (χ4v) is 4.71. The molecule has 1 heterocycles. The van der Waals surface area contributed by atoms with E-state index in [9.17, 15) is 9.59 Å². The minimum absolute atomic E-state index is 0.0237. The van der Waals surface area contributed by atoms with Crippen molar-refractivity contribution >= 4 is 33.4 Å². The molecule has 0 aliphatic carbocycles. The highest BCUT2D eigenvalue weighted by Crippen LogP contribution is 2.21. The van der Waals surface area contributed by atoms with Crippen molar-refractivity contribution in [3.05, 3.63) is 57.9 Å². The van der Waals surface area contributed by atoms with Crippen LogP contribution in [0.25, 0.3) is 10.2 Å². The first kappa shape index (κ1) is 23.7. The summed E-state index contributed by atoms with van der Waals surface area (Å²) in [5.41, 5.74) is 3.97. The van der Waals surface area contributed by atoms with Crippen LogP contribution in [0.3, 0.4) is 0 Å². The first-order valence-electron chi connectivity index (χ1n) is 10.9. The molecule has 0 aliphatic rings. The summed E-state index contributed by atoms with van der Waals surface area (Å²) in [6.07, 6.45) is 3.44. The summed E-state index contributed by atoms with van der Waals surface area (Å²) in [5, 5.41) is 0. The number of esters is 1. The number of hydrogen-bond acceptors (Lipinski definition) is 5. The second-order valence-corrected chi connectivity index (χ2v) is 8.68. The van der Waals surface area contributed by atoms with Gasteiger partial charge in [-0.15, -0.1) is 0 Å². The number of benzene rings is 2. The van der Waals surface area contributed by atoms with Crippen LogP contribution in [0.5, 0.6) is 5.75 Å². The third kappa shape index (κ3) is 5.85. The molecule has 0 aliphatic heterocycles. The van der Waals surface area contributed by atoms with Gasteiger partial charge in [0.1, 0.15) is 12.3 Å². The fraction of sp³-hybridized carbons (Fsp3) is 0.400. The topological polar surface area (TPSA) is 69.9 Å². The van der Waals surface area contributed by atoms with E-state index >= 15 is 0 Å². The molecule has 170 valence electrons. The van der Waals surface area contributed by atoms with Gasteiger partial charge in [-0.05, 0) is 61.6 Å². The lowest BCUT2D eigenvalue weighted by atomic mass is 10.1. The average molecular weight is 455 g/mol. The largest absolute Gasteiger partial charge is 0.496 e. The van der Waals surface area contributed by atoms with Crippen LogP contribution in [-0.4, -0.2) is 30.2 Å². The summed E-state index contributed by atoms with van der Waals surface area (Å²) in [5.74, 6) is 0.181. The number of thiazole rings is 1. The lowest BCUT2D eigenvalue weighted by Crippen LogP contribution is -2.23. The summed E-state index contributed by atoms with van der Waals surface area (Å²) >= 11 is 1.43. The highest BCUT2D eigenvalue weighted by atomic mass is 32.1. The van der Waals surface area contributed by atoms with Gasteiger partial charge in [-0.1, -0.05) is 42.9 Å². The van der Waals surface area contributed by atoms with Gasteiger partial charge in [-0.2, -0.15) is 4.99 Å². The second kappa shape index (κ2) is 11.1. The Labute approximate surface area is 192 Å². The quantitative estimate of drug-likeness (QED) is 0.443. The van der Waals surface area contributed by atoms with Gasteiger partial charge >= 0.3 is 5.97 Å². The number of methoxy groups -OCH3 is 1. The molecule has 0 spiro atoms. The van der Waals surface area contributed by atoms with E-state index in [0.717, 1.165) is 46.4 Å². The number of ether oxygens (including phenoxy) is 2. The van der Waals surface area contributed by atoms with Crippen molar-refractivity contribution in [1.29, 1.82) is 0 Å². The summed E-state index contributed by atoms with van der Waals surface area (Å²) in [6.45, 7) is 6.23. The summed E-state index contributed by atoms with van der Waals surface area (Å²) < 4.78 is 13.2. The highest BCUT2D eigenvalue weighted by molar-refractivity contribution is 7.16. The Bertz CT molecular complexity index is 1180. The van der Waals surface area contributed by atoms with E-state index in [4.69, 9.17) is 9.47 Å². The molecule has 3 rings (SSSR count). The molecule has 0 atom stereocenters. The van der Waals surface area contributed by atoms with Crippen LogP contribution >= 0.6 is 11.3 Å². The van der Waals surface area contributed by atoms with Gasteiger partial charge < -0.3 is 14.0 Å². The zero-order valence-electron chi connectivity index (χ0n) is 19.1. The second-order valence-electron chi connectivity index (χ2n) is 7.67. The van der Waals surface area contributed by atoms with Gasteiger partial charge in [0.25, 0.3) is 5.91 Å². The Morgan fingerprint density at radius 3 is 2.56 bits per heavy atom. The summed E-state index contributed by atoms with van der Waals surface area (Å²) in [4.78, 5) is 29.9. The molecule has 0 unspecified atom stereocenters. The van der Waals surface area contributed by atoms with Crippen molar-refractivity contribution in [2.75, 3.05) is 13.7 Å². The van der Waals surface area contributed by atoms with Crippen molar-refractivity contribution < 1.29 is 19.1 Å². The molecule has 3 aromatic rings. The Kier molecular flexibility index (Phi) is 8.22. The SMILES string of the molecule is CCCCc1ccc2c(c1)sc(=NC(=O)Cc1ccc(OC)c(C)c1)n2CC(=O)OCC. The van der Waals surface area contributed by atoms with Gasteiger partial charge in [-0.25, -0.2) is 0 Å². The minimum Gasteiger partial charge on any atom is -0.496 e. The third-order valence-corrected chi connectivity index (χ3v) is 6.23. The molecule has 0 bridgehead atoms. The van der Waals surface area contributed by atoms with Crippen molar-refractivity contribution in [3.63, 3.8) is 0 Å². The standard InChI is InChI=1S/C25H30N2O4S/c1-5-7-8-18-9-11-20-22(14-18)32-25(27(20)16-24(29)31-6-2)26-23(28)15-19-10-12-21(30-4)17(3)13-19/h9-14H,5-8,15-16H2,1-4H3. The number of unbranched alkanes of at least 4 members (excludes halogenated alkanes) is 1. The average Bonchev–Trinajstić information content (AvgIpc) is 3.08. The predicted octanol–water partition coefficient (Wildman–Crippen LogP) is 4.60. The molecule has 0 N–H and O–H groups in total. The number of nitrogens with zero attached hydrogens (tertiary/aromatic N) is 2. The van der Waals surface area contributed by atoms with E-state index in [1.165, 1.54) is 16.9 Å². The van der Waals surface area contributed by atoms with Crippen molar-refractivity contribution in [1.82, 2.24) is 4.57 Å². The number of aryl methyl sites for hydroxylation is 2. The smallest absolute Gasteiger partial charge is 0.326 e. The summed E-state index contributed by atoms with van der Waals surface area (Å²) in [6, 6.07) is 11.9. The third-order valence-electron chi connectivity index (χ3n) is 5.19. The van der Waals surface area contributed by atoms with Crippen LogP contribution in [0.15, 0.2) is 41.4 Å². The Morgan fingerprint density at radius 2 is 1.88 bits per heavy atom. The number of aromatic nitrogens is 1. The minimum atomic E-state index is -0.345. The fourth-order valence-electron chi connectivity index (χ4n) is 3.60. The summed E-state index contributed by atoms with van der Waals surface area (Å²) in [7, 11) is 1.62. The molecule has 1 amide bonds.